The molecule has 1 unspecified atom stereocenters. The maximum absolute atomic E-state index is 11.8. The second kappa shape index (κ2) is 5.61. The summed E-state index contributed by atoms with van der Waals surface area (Å²) < 4.78 is 0. The van der Waals surface area contributed by atoms with E-state index >= 15 is 0 Å². The van der Waals surface area contributed by atoms with Crippen molar-refractivity contribution in [3.8, 4) is 0 Å². The van der Waals surface area contributed by atoms with Crippen molar-refractivity contribution in [1.82, 2.24) is 20.3 Å². The molecule has 0 aromatic carbocycles. The number of hydrogen-bond acceptors (Lipinski definition) is 5. The van der Waals surface area contributed by atoms with E-state index in [0.29, 0.717) is 6.54 Å². The second-order valence-corrected chi connectivity index (χ2v) is 4.84. The highest BCUT2D eigenvalue weighted by atomic mass is 32.1. The van der Waals surface area contributed by atoms with Crippen molar-refractivity contribution in [2.45, 2.75) is 12.8 Å². The van der Waals surface area contributed by atoms with Crippen molar-refractivity contribution < 1.29 is 14.7 Å². The molecule has 3 N–H and O–H groups in total. The first-order chi connectivity index (χ1) is 9.09. The fourth-order valence-corrected chi connectivity index (χ4v) is 2.22. The topological polar surface area (TPSA) is 108 Å². The first-order valence-corrected chi connectivity index (χ1v) is 6.41. The number of carboxylic acids is 1. The van der Waals surface area contributed by atoms with Crippen molar-refractivity contribution in [3.05, 3.63) is 34.3 Å². The number of rotatable bonds is 5. The van der Waals surface area contributed by atoms with Crippen molar-refractivity contribution in [1.29, 1.82) is 0 Å². The van der Waals surface area contributed by atoms with Gasteiger partial charge in [-0.25, -0.2) is 14.8 Å². The molecule has 0 saturated heterocycles. The summed E-state index contributed by atoms with van der Waals surface area (Å²) in [5.74, 6) is -1.66. The van der Waals surface area contributed by atoms with Crippen LogP contribution in [0.2, 0.25) is 0 Å². The number of thiazole rings is 1. The van der Waals surface area contributed by atoms with Crippen molar-refractivity contribution >= 4 is 23.2 Å². The molecule has 0 aliphatic carbocycles. The quantitative estimate of drug-likeness (QED) is 0.760. The van der Waals surface area contributed by atoms with E-state index in [1.807, 2.05) is 12.3 Å². The van der Waals surface area contributed by atoms with Crippen LogP contribution < -0.4 is 5.32 Å². The lowest BCUT2D eigenvalue weighted by Crippen LogP contribution is -2.29. The molecule has 0 radical (unpaired) electrons. The van der Waals surface area contributed by atoms with Gasteiger partial charge >= 0.3 is 5.97 Å². The van der Waals surface area contributed by atoms with Gasteiger partial charge in [-0.15, -0.1) is 11.3 Å². The Morgan fingerprint density at radius 2 is 2.32 bits per heavy atom. The maximum atomic E-state index is 11.8. The summed E-state index contributed by atoms with van der Waals surface area (Å²) in [5, 5.41) is 14.3. The lowest BCUT2D eigenvalue weighted by molar-refractivity contribution is 0.0685. The zero-order valence-corrected chi connectivity index (χ0v) is 10.9. The minimum Gasteiger partial charge on any atom is -0.477 e. The average molecular weight is 280 g/mol. The highest BCUT2D eigenvalue weighted by Crippen LogP contribution is 2.16. The van der Waals surface area contributed by atoms with Gasteiger partial charge in [0.25, 0.3) is 5.91 Å². The van der Waals surface area contributed by atoms with E-state index in [0.717, 1.165) is 5.01 Å². The number of carbonyl (C=O) groups is 2. The SMILES string of the molecule is CC(CNC(=O)c1nc[nH]c1C(=O)O)c1nccs1. The molecule has 0 spiro atoms. The Bertz CT molecular complexity index is 579. The number of amides is 1. The number of H-pyrrole nitrogens is 1. The predicted molar refractivity (Wildman–Crippen MR) is 68.4 cm³/mol. The van der Waals surface area contributed by atoms with Crippen molar-refractivity contribution in [2.24, 2.45) is 0 Å². The van der Waals surface area contributed by atoms with Crippen LogP contribution in [0.4, 0.5) is 0 Å². The summed E-state index contributed by atoms with van der Waals surface area (Å²) in [4.78, 5) is 33.0. The number of nitrogens with one attached hydrogen (secondary N) is 2. The Labute approximate surface area is 112 Å². The molecule has 2 aromatic heterocycles. The van der Waals surface area contributed by atoms with Crippen LogP contribution in [-0.4, -0.2) is 38.5 Å². The molecule has 19 heavy (non-hydrogen) atoms. The van der Waals surface area contributed by atoms with Gasteiger partial charge in [0.05, 0.1) is 11.3 Å². The van der Waals surface area contributed by atoms with Gasteiger partial charge in [-0.1, -0.05) is 6.92 Å². The Hall–Kier alpha value is -2.22. The summed E-state index contributed by atoms with van der Waals surface area (Å²) in [7, 11) is 0. The minimum absolute atomic E-state index is 0.0659. The highest BCUT2D eigenvalue weighted by molar-refractivity contribution is 7.09. The number of carbonyl (C=O) groups excluding carboxylic acids is 1. The van der Waals surface area contributed by atoms with E-state index in [4.69, 9.17) is 5.11 Å². The number of imidazole rings is 1. The third kappa shape index (κ3) is 2.97. The monoisotopic (exact) mass is 280 g/mol. The van der Waals surface area contributed by atoms with E-state index in [1.165, 1.54) is 17.7 Å². The van der Waals surface area contributed by atoms with Gasteiger partial charge in [-0.05, 0) is 0 Å². The number of nitrogens with zero attached hydrogens (tertiary/aromatic N) is 2. The smallest absolute Gasteiger partial charge is 0.354 e. The normalized spacial score (nSPS) is 12.1. The van der Waals surface area contributed by atoms with Crippen LogP contribution in [0.3, 0.4) is 0 Å². The molecule has 2 rings (SSSR count). The van der Waals surface area contributed by atoms with Gasteiger partial charge in [0.15, 0.2) is 11.4 Å². The fourth-order valence-electron chi connectivity index (χ4n) is 1.52. The van der Waals surface area contributed by atoms with Gasteiger partial charge in [0, 0.05) is 24.0 Å². The number of carboxylic acid groups (broad SMARTS) is 1. The third-order valence-electron chi connectivity index (χ3n) is 2.51. The van der Waals surface area contributed by atoms with Crippen LogP contribution in [0.25, 0.3) is 0 Å². The lowest BCUT2D eigenvalue weighted by Gasteiger charge is -2.09. The third-order valence-corrected chi connectivity index (χ3v) is 3.52. The van der Waals surface area contributed by atoms with Crippen LogP contribution in [0.5, 0.6) is 0 Å². The maximum Gasteiger partial charge on any atom is 0.354 e. The van der Waals surface area contributed by atoms with E-state index in [1.54, 1.807) is 6.20 Å². The number of aromatic nitrogens is 3. The van der Waals surface area contributed by atoms with Gasteiger partial charge < -0.3 is 15.4 Å². The molecule has 0 saturated carbocycles. The number of hydrogen-bond donors (Lipinski definition) is 3. The van der Waals surface area contributed by atoms with Gasteiger partial charge in [-0.3, -0.25) is 4.79 Å². The zero-order valence-electron chi connectivity index (χ0n) is 10.1. The molecule has 2 heterocycles. The molecule has 7 nitrogen and oxygen atoms in total. The van der Waals surface area contributed by atoms with Crippen LogP contribution in [0.15, 0.2) is 17.9 Å². The largest absolute Gasteiger partial charge is 0.477 e. The Morgan fingerprint density at radius 1 is 1.53 bits per heavy atom. The molecule has 0 bridgehead atoms. The molecular weight excluding hydrogens is 268 g/mol. The van der Waals surface area contributed by atoms with E-state index < -0.39 is 11.9 Å². The second-order valence-electron chi connectivity index (χ2n) is 3.91. The van der Waals surface area contributed by atoms with Crippen molar-refractivity contribution in [3.63, 3.8) is 0 Å². The summed E-state index contributed by atoms with van der Waals surface area (Å²) in [6, 6.07) is 0. The van der Waals surface area contributed by atoms with E-state index in [2.05, 4.69) is 20.3 Å². The summed E-state index contributed by atoms with van der Waals surface area (Å²) in [6.45, 7) is 2.31. The van der Waals surface area contributed by atoms with Crippen LogP contribution in [0, 0.1) is 0 Å². The van der Waals surface area contributed by atoms with Crippen molar-refractivity contribution in [2.75, 3.05) is 6.54 Å². The van der Waals surface area contributed by atoms with E-state index in [9.17, 15) is 9.59 Å². The summed E-state index contributed by atoms with van der Waals surface area (Å²) in [6.07, 6.45) is 2.89. The number of aromatic amines is 1. The highest BCUT2D eigenvalue weighted by Gasteiger charge is 2.20. The average Bonchev–Trinajstić information content (AvgIpc) is 3.04. The first-order valence-electron chi connectivity index (χ1n) is 5.54. The molecule has 0 aliphatic rings. The molecule has 8 heteroatoms. The molecule has 2 aromatic rings. The Kier molecular flexibility index (Phi) is 3.91. The molecule has 1 amide bonds. The van der Waals surface area contributed by atoms with Crippen LogP contribution in [0.1, 0.15) is 38.8 Å². The van der Waals surface area contributed by atoms with Gasteiger partial charge in [0.1, 0.15) is 0 Å². The van der Waals surface area contributed by atoms with Crippen LogP contribution in [-0.2, 0) is 0 Å². The minimum atomic E-state index is -1.21. The van der Waals surface area contributed by atoms with E-state index in [-0.39, 0.29) is 17.3 Å². The first kappa shape index (κ1) is 13.2. The summed E-state index contributed by atoms with van der Waals surface area (Å²) in [5.41, 5.74) is -0.321. The zero-order chi connectivity index (χ0) is 13.8. The number of aromatic carboxylic acids is 1. The predicted octanol–water partition coefficient (Wildman–Crippen LogP) is 1.10. The van der Waals surface area contributed by atoms with Gasteiger partial charge in [-0.2, -0.15) is 0 Å². The molecule has 100 valence electrons. The molecular formula is C11H12N4O3S. The fraction of sp³-hybridized carbons (Fsp3) is 0.273. The Morgan fingerprint density at radius 3 is 2.95 bits per heavy atom. The lowest BCUT2D eigenvalue weighted by atomic mass is 10.2. The van der Waals surface area contributed by atoms with Gasteiger partial charge in [0.2, 0.25) is 0 Å². The molecule has 1 atom stereocenters. The summed E-state index contributed by atoms with van der Waals surface area (Å²) >= 11 is 1.51. The standard InChI is InChI=1S/C11H12N4O3S/c1-6(10-12-2-3-19-10)4-13-9(16)7-8(11(17)18)15-5-14-7/h2-3,5-6H,4H2,1H3,(H,13,16)(H,14,15)(H,17,18). The Balaban J connectivity index is 1.98. The van der Waals surface area contributed by atoms with Crippen LogP contribution >= 0.6 is 11.3 Å². The molecule has 0 fully saturated rings. The molecule has 0 aliphatic heterocycles.